The molecule has 1 aliphatic rings. The van der Waals surface area contributed by atoms with Crippen LogP contribution in [0.25, 0.3) is 0 Å². The number of fused-ring (bicyclic) bond motifs is 1. The number of hydrogen-bond acceptors (Lipinski definition) is 9. The van der Waals surface area contributed by atoms with Crippen molar-refractivity contribution >= 4 is 70.1 Å². The smallest absolute Gasteiger partial charge is 0.337 e. The second-order valence-corrected chi connectivity index (χ2v) is 8.85. The van der Waals surface area contributed by atoms with Gasteiger partial charge in [0.1, 0.15) is 5.82 Å². The molecule has 1 aromatic heterocycles. The zero-order chi connectivity index (χ0) is 27.6. The highest BCUT2D eigenvalue weighted by molar-refractivity contribution is 6.36. The standard InChI is InChI=1S/C24H19Cl2N5O7/c1-37-22(35)10-5-11(23(36)38-2)7-13(6-10)27-20(33)14-9-17(32)29-19-18(14)21(34)31-24(30-19)28-16-4-3-12(25)8-15(16)26/h3-8,14H,9H2,1-2H3,(H,27,33)(H3,28,29,30,31,32,34)/t14-/m0/s1. The second kappa shape index (κ2) is 10.9. The molecule has 4 rings (SSSR count). The van der Waals surface area contributed by atoms with Crippen LogP contribution in [0, 0.1) is 0 Å². The molecule has 2 amide bonds. The fourth-order valence-corrected chi connectivity index (χ4v) is 4.23. The summed E-state index contributed by atoms with van der Waals surface area (Å²) in [6, 6.07) is 8.45. The molecule has 0 radical (unpaired) electrons. The molecule has 0 fully saturated rings. The van der Waals surface area contributed by atoms with E-state index in [2.05, 4.69) is 25.9 Å². The van der Waals surface area contributed by atoms with Gasteiger partial charge in [-0.2, -0.15) is 4.98 Å². The third-order valence-electron chi connectivity index (χ3n) is 5.49. The van der Waals surface area contributed by atoms with Gasteiger partial charge >= 0.3 is 11.9 Å². The maximum absolute atomic E-state index is 13.2. The molecule has 3 aromatic rings. The molecule has 14 heteroatoms. The molecule has 0 saturated carbocycles. The average Bonchev–Trinajstić information content (AvgIpc) is 2.88. The van der Waals surface area contributed by atoms with Gasteiger partial charge < -0.3 is 25.4 Å². The summed E-state index contributed by atoms with van der Waals surface area (Å²) in [6.45, 7) is 0. The van der Waals surface area contributed by atoms with Gasteiger partial charge in [0.2, 0.25) is 17.8 Å². The Morgan fingerprint density at radius 1 is 1.00 bits per heavy atom. The maximum Gasteiger partial charge on any atom is 0.337 e. The summed E-state index contributed by atoms with van der Waals surface area (Å²) in [7, 11) is 2.32. The number of carbonyl (C=O) groups excluding carboxylic acids is 4. The Hall–Kier alpha value is -4.42. The molecular formula is C24H19Cl2N5O7. The summed E-state index contributed by atoms with van der Waals surface area (Å²) in [5, 5.41) is 8.55. The van der Waals surface area contributed by atoms with E-state index in [1.807, 2.05) is 0 Å². The number of nitrogens with zero attached hydrogens (tertiary/aromatic N) is 1. The number of halogens is 2. The van der Waals surface area contributed by atoms with Crippen molar-refractivity contribution in [3.63, 3.8) is 0 Å². The Kier molecular flexibility index (Phi) is 7.65. The van der Waals surface area contributed by atoms with E-state index in [9.17, 15) is 24.0 Å². The Balaban J connectivity index is 1.66. The molecule has 196 valence electrons. The lowest BCUT2D eigenvalue weighted by molar-refractivity contribution is -0.123. The number of H-pyrrole nitrogens is 1. The zero-order valence-electron chi connectivity index (χ0n) is 19.8. The summed E-state index contributed by atoms with van der Waals surface area (Å²) in [4.78, 5) is 69.5. The van der Waals surface area contributed by atoms with Crippen LogP contribution in [0.1, 0.15) is 38.6 Å². The first-order valence-corrected chi connectivity index (χ1v) is 11.6. The van der Waals surface area contributed by atoms with Crippen LogP contribution in [-0.4, -0.2) is 47.9 Å². The van der Waals surface area contributed by atoms with Gasteiger partial charge in [-0.3, -0.25) is 19.4 Å². The number of methoxy groups -OCH3 is 2. The first kappa shape index (κ1) is 26.6. The van der Waals surface area contributed by atoms with Gasteiger partial charge in [-0.1, -0.05) is 23.2 Å². The van der Waals surface area contributed by atoms with Gasteiger partial charge in [0.15, 0.2) is 0 Å². The second-order valence-electron chi connectivity index (χ2n) is 8.00. The quantitative estimate of drug-likeness (QED) is 0.330. The van der Waals surface area contributed by atoms with E-state index in [-0.39, 0.29) is 45.6 Å². The van der Waals surface area contributed by atoms with Crippen LogP contribution in [0.5, 0.6) is 0 Å². The first-order valence-electron chi connectivity index (χ1n) is 10.9. The first-order chi connectivity index (χ1) is 18.1. The molecular weight excluding hydrogens is 541 g/mol. The van der Waals surface area contributed by atoms with Crippen LogP contribution >= 0.6 is 23.2 Å². The molecule has 2 aromatic carbocycles. The van der Waals surface area contributed by atoms with Crippen LogP contribution < -0.4 is 21.5 Å². The van der Waals surface area contributed by atoms with Gasteiger partial charge in [-0.25, -0.2) is 9.59 Å². The fraction of sp³-hybridized carbons (Fsp3) is 0.167. The molecule has 0 aliphatic carbocycles. The molecule has 0 saturated heterocycles. The normalized spacial score (nSPS) is 14.1. The van der Waals surface area contributed by atoms with Gasteiger partial charge in [0, 0.05) is 17.1 Å². The number of benzene rings is 2. The molecule has 38 heavy (non-hydrogen) atoms. The number of carbonyl (C=O) groups is 4. The monoisotopic (exact) mass is 559 g/mol. The molecule has 1 aliphatic heterocycles. The maximum atomic E-state index is 13.2. The number of anilines is 4. The van der Waals surface area contributed by atoms with Gasteiger partial charge in [0.05, 0.1) is 47.5 Å². The number of aromatic amines is 1. The predicted octanol–water partition coefficient (Wildman–Crippen LogP) is 3.46. The van der Waals surface area contributed by atoms with E-state index in [1.165, 1.54) is 24.3 Å². The lowest BCUT2D eigenvalue weighted by atomic mass is 9.92. The van der Waals surface area contributed by atoms with E-state index in [0.29, 0.717) is 10.7 Å². The van der Waals surface area contributed by atoms with Crippen LogP contribution in [0.4, 0.5) is 23.1 Å². The van der Waals surface area contributed by atoms with Crippen LogP contribution in [0.15, 0.2) is 41.2 Å². The molecule has 0 bridgehead atoms. The number of rotatable bonds is 6. The number of esters is 2. The van der Waals surface area contributed by atoms with Crippen LogP contribution in [-0.2, 0) is 19.1 Å². The van der Waals surface area contributed by atoms with Gasteiger partial charge in [-0.05, 0) is 36.4 Å². The lowest BCUT2D eigenvalue weighted by Gasteiger charge is -2.24. The molecule has 0 spiro atoms. The third kappa shape index (κ3) is 5.61. The summed E-state index contributed by atoms with van der Waals surface area (Å²) in [6.07, 6.45) is -0.347. The fourth-order valence-electron chi connectivity index (χ4n) is 3.77. The Labute approximate surface area is 224 Å². The highest BCUT2D eigenvalue weighted by atomic mass is 35.5. The molecule has 12 nitrogen and oxygen atoms in total. The zero-order valence-corrected chi connectivity index (χ0v) is 21.3. The van der Waals surface area contributed by atoms with Crippen molar-refractivity contribution in [2.45, 2.75) is 12.3 Å². The van der Waals surface area contributed by atoms with Crippen molar-refractivity contribution in [3.05, 3.63) is 73.5 Å². The van der Waals surface area contributed by atoms with E-state index >= 15 is 0 Å². The van der Waals surface area contributed by atoms with Gasteiger partial charge in [0.25, 0.3) is 5.56 Å². The van der Waals surface area contributed by atoms with E-state index < -0.39 is 35.2 Å². The molecule has 0 unspecified atom stereocenters. The minimum atomic E-state index is -1.23. The Bertz CT molecular complexity index is 1500. The van der Waals surface area contributed by atoms with Crippen molar-refractivity contribution in [3.8, 4) is 0 Å². The highest BCUT2D eigenvalue weighted by Crippen LogP contribution is 2.32. The van der Waals surface area contributed by atoms with E-state index in [0.717, 1.165) is 14.2 Å². The van der Waals surface area contributed by atoms with Crippen molar-refractivity contribution in [1.29, 1.82) is 0 Å². The lowest BCUT2D eigenvalue weighted by Crippen LogP contribution is -2.36. The van der Waals surface area contributed by atoms with E-state index in [4.69, 9.17) is 32.7 Å². The summed E-state index contributed by atoms with van der Waals surface area (Å²) < 4.78 is 9.39. The number of amides is 2. The van der Waals surface area contributed by atoms with Crippen molar-refractivity contribution in [1.82, 2.24) is 9.97 Å². The number of hydrogen-bond donors (Lipinski definition) is 4. The van der Waals surface area contributed by atoms with Crippen LogP contribution in [0.3, 0.4) is 0 Å². The number of nitrogens with one attached hydrogen (secondary N) is 4. The van der Waals surface area contributed by atoms with E-state index in [1.54, 1.807) is 12.1 Å². The summed E-state index contributed by atoms with van der Waals surface area (Å²) >= 11 is 12.1. The molecule has 1 atom stereocenters. The predicted molar refractivity (Wildman–Crippen MR) is 138 cm³/mol. The highest BCUT2D eigenvalue weighted by Gasteiger charge is 2.35. The van der Waals surface area contributed by atoms with Crippen LogP contribution in [0.2, 0.25) is 10.0 Å². The van der Waals surface area contributed by atoms with Crippen molar-refractivity contribution in [2.24, 2.45) is 0 Å². The summed E-state index contributed by atoms with van der Waals surface area (Å²) in [5.41, 5.74) is -0.367. The minimum absolute atomic E-state index is 0.0245. The topological polar surface area (TPSA) is 169 Å². The number of ether oxygens (including phenoxy) is 2. The van der Waals surface area contributed by atoms with Crippen molar-refractivity contribution in [2.75, 3.05) is 30.2 Å². The number of aromatic nitrogens is 2. The largest absolute Gasteiger partial charge is 0.465 e. The van der Waals surface area contributed by atoms with Crippen molar-refractivity contribution < 1.29 is 28.7 Å². The Morgan fingerprint density at radius 2 is 1.66 bits per heavy atom. The molecule has 2 heterocycles. The summed E-state index contributed by atoms with van der Waals surface area (Å²) in [5.74, 6) is -4.18. The Morgan fingerprint density at radius 3 is 2.26 bits per heavy atom. The van der Waals surface area contributed by atoms with Gasteiger partial charge in [-0.15, -0.1) is 0 Å². The SMILES string of the molecule is COC(=O)c1cc(NC(=O)[C@H]2CC(=O)Nc3nc(Nc4ccc(Cl)cc4Cl)[nH]c(=O)c32)cc(C(=O)OC)c1. The average molecular weight is 560 g/mol. The minimum Gasteiger partial charge on any atom is -0.465 e. The molecule has 4 N–H and O–H groups in total. The third-order valence-corrected chi connectivity index (χ3v) is 6.04.